The van der Waals surface area contributed by atoms with Gasteiger partial charge in [-0.25, -0.2) is 4.39 Å². The molecule has 1 amide bonds. The maximum Gasteiger partial charge on any atom is 0.262 e. The number of ether oxygens (including phenoxy) is 4. The van der Waals surface area contributed by atoms with E-state index in [2.05, 4.69) is 10.3 Å². The van der Waals surface area contributed by atoms with Crippen LogP contribution in [0.2, 0.25) is 0 Å². The Balaban J connectivity index is 1.13. The molecule has 9 heteroatoms. The van der Waals surface area contributed by atoms with Crippen molar-refractivity contribution in [2.24, 2.45) is 0 Å². The monoisotopic (exact) mass is 595 g/mol. The summed E-state index contributed by atoms with van der Waals surface area (Å²) in [6, 6.07) is 26.2. The standard InChI is InChI=1S/C35H34FN3O5/c36-28-11-12-29(37-26-15-17-35(18-16-26)43-19-20-44-35)27-21-39(34(40)32(27)28)30-13-14-31(41-22-24-7-3-1-4-8-24)38-33(30)42-23-25-9-5-2-6-10-25/h1-14,26,37H,15-23H2. The van der Waals surface area contributed by atoms with Crippen LogP contribution in [-0.2, 0) is 29.2 Å². The van der Waals surface area contributed by atoms with Gasteiger partial charge in [-0.1, -0.05) is 60.7 Å². The number of hydrogen-bond acceptors (Lipinski definition) is 7. The molecule has 1 aliphatic carbocycles. The van der Waals surface area contributed by atoms with Gasteiger partial charge < -0.3 is 24.3 Å². The van der Waals surface area contributed by atoms with Crippen LogP contribution in [0.1, 0.15) is 52.7 Å². The number of carbonyl (C=O) groups excluding carboxylic acids is 1. The molecule has 4 aromatic rings. The Morgan fingerprint density at radius 2 is 1.52 bits per heavy atom. The largest absolute Gasteiger partial charge is 0.473 e. The lowest BCUT2D eigenvalue weighted by atomic mass is 9.89. The maximum absolute atomic E-state index is 15.2. The summed E-state index contributed by atoms with van der Waals surface area (Å²) in [6.07, 6.45) is 3.31. The fourth-order valence-electron chi connectivity index (χ4n) is 6.18. The molecule has 0 bridgehead atoms. The second-order valence-corrected chi connectivity index (χ2v) is 11.4. The Morgan fingerprint density at radius 1 is 0.864 bits per heavy atom. The smallest absolute Gasteiger partial charge is 0.262 e. The highest BCUT2D eigenvalue weighted by Crippen LogP contribution is 2.41. The highest BCUT2D eigenvalue weighted by atomic mass is 19.1. The lowest BCUT2D eigenvalue weighted by molar-refractivity contribution is -0.177. The summed E-state index contributed by atoms with van der Waals surface area (Å²) in [5.74, 6) is -0.833. The SMILES string of the molecule is O=C1c2c(F)ccc(NC3CCC4(CC3)OCCO4)c2CN1c1ccc(OCc2ccccc2)nc1OCc1ccccc1. The highest BCUT2D eigenvalue weighted by Gasteiger charge is 2.41. The van der Waals surface area contributed by atoms with Gasteiger partial charge in [0.2, 0.25) is 11.8 Å². The molecule has 1 spiro atoms. The summed E-state index contributed by atoms with van der Waals surface area (Å²) in [5, 5.41) is 3.59. The fourth-order valence-corrected chi connectivity index (χ4v) is 6.18. The number of amides is 1. The van der Waals surface area contributed by atoms with E-state index in [1.807, 2.05) is 60.7 Å². The van der Waals surface area contributed by atoms with E-state index in [4.69, 9.17) is 18.9 Å². The third-order valence-corrected chi connectivity index (χ3v) is 8.51. The second-order valence-electron chi connectivity index (χ2n) is 11.4. The predicted molar refractivity (Wildman–Crippen MR) is 163 cm³/mol. The van der Waals surface area contributed by atoms with Crippen molar-refractivity contribution in [1.29, 1.82) is 0 Å². The first-order valence-electron chi connectivity index (χ1n) is 15.1. The fraction of sp³-hybridized carbons (Fsp3) is 0.314. The van der Waals surface area contributed by atoms with Gasteiger partial charge in [0.05, 0.1) is 25.3 Å². The van der Waals surface area contributed by atoms with Crippen molar-refractivity contribution >= 4 is 17.3 Å². The summed E-state index contributed by atoms with van der Waals surface area (Å²) in [5.41, 5.74) is 3.86. The van der Waals surface area contributed by atoms with Crippen LogP contribution in [0.5, 0.6) is 11.8 Å². The van der Waals surface area contributed by atoms with Gasteiger partial charge in [0, 0.05) is 36.2 Å². The van der Waals surface area contributed by atoms with Crippen molar-refractivity contribution in [3.63, 3.8) is 0 Å². The average Bonchev–Trinajstić information content (AvgIpc) is 3.67. The molecule has 1 saturated heterocycles. The third kappa shape index (κ3) is 5.85. The van der Waals surface area contributed by atoms with Crippen LogP contribution in [0, 0.1) is 5.82 Å². The molecule has 2 aliphatic heterocycles. The van der Waals surface area contributed by atoms with Crippen molar-refractivity contribution in [2.75, 3.05) is 23.4 Å². The van der Waals surface area contributed by atoms with Gasteiger partial charge in [-0.2, -0.15) is 4.98 Å². The number of carbonyl (C=O) groups is 1. The number of anilines is 2. The Kier molecular flexibility index (Phi) is 7.89. The van der Waals surface area contributed by atoms with E-state index in [1.54, 1.807) is 18.2 Å². The van der Waals surface area contributed by atoms with Crippen LogP contribution >= 0.6 is 0 Å². The van der Waals surface area contributed by atoms with Crippen LogP contribution in [0.25, 0.3) is 0 Å². The minimum absolute atomic E-state index is 0.0724. The molecule has 7 rings (SSSR count). The van der Waals surface area contributed by atoms with E-state index in [-0.39, 0.29) is 30.6 Å². The summed E-state index contributed by atoms with van der Waals surface area (Å²) in [4.78, 5) is 19.9. The van der Waals surface area contributed by atoms with E-state index >= 15 is 4.39 Å². The molecule has 0 unspecified atom stereocenters. The van der Waals surface area contributed by atoms with Crippen molar-refractivity contribution < 1.29 is 28.1 Å². The molecule has 1 saturated carbocycles. The number of hydrogen-bond donors (Lipinski definition) is 1. The zero-order valence-electron chi connectivity index (χ0n) is 24.3. The lowest BCUT2D eigenvalue weighted by Crippen LogP contribution is -2.39. The topological polar surface area (TPSA) is 82.2 Å². The number of nitrogens with zero attached hydrogens (tertiary/aromatic N) is 2. The van der Waals surface area contributed by atoms with Gasteiger partial charge in [0.1, 0.15) is 24.7 Å². The van der Waals surface area contributed by atoms with Crippen LogP contribution < -0.4 is 19.7 Å². The minimum atomic E-state index is -0.545. The molecule has 2 fully saturated rings. The van der Waals surface area contributed by atoms with Gasteiger partial charge in [-0.05, 0) is 42.2 Å². The van der Waals surface area contributed by atoms with Crippen LogP contribution in [-0.4, -0.2) is 35.9 Å². The van der Waals surface area contributed by atoms with Crippen molar-refractivity contribution in [3.05, 3.63) is 113 Å². The summed E-state index contributed by atoms with van der Waals surface area (Å²) in [6.45, 7) is 2.03. The Bertz CT molecular complexity index is 1620. The van der Waals surface area contributed by atoms with Gasteiger partial charge >= 0.3 is 0 Å². The van der Waals surface area contributed by atoms with E-state index < -0.39 is 17.5 Å². The first-order valence-corrected chi connectivity index (χ1v) is 15.1. The molecular weight excluding hydrogens is 561 g/mol. The summed E-state index contributed by atoms with van der Waals surface area (Å²) < 4.78 is 39.1. The highest BCUT2D eigenvalue weighted by molar-refractivity contribution is 6.11. The van der Waals surface area contributed by atoms with Crippen molar-refractivity contribution in [2.45, 2.75) is 57.3 Å². The first-order chi connectivity index (χ1) is 21.6. The first kappa shape index (κ1) is 28.3. The average molecular weight is 596 g/mol. The number of fused-ring (bicyclic) bond motifs is 1. The molecule has 3 aliphatic rings. The van der Waals surface area contributed by atoms with E-state index in [1.165, 1.54) is 11.0 Å². The zero-order valence-corrected chi connectivity index (χ0v) is 24.3. The van der Waals surface area contributed by atoms with Crippen molar-refractivity contribution in [3.8, 4) is 11.8 Å². The molecule has 44 heavy (non-hydrogen) atoms. The van der Waals surface area contributed by atoms with Gasteiger partial charge in [0.25, 0.3) is 5.91 Å². The molecule has 0 radical (unpaired) electrons. The molecular formula is C35H34FN3O5. The molecule has 226 valence electrons. The van der Waals surface area contributed by atoms with Crippen LogP contribution in [0.3, 0.4) is 0 Å². The quantitative estimate of drug-likeness (QED) is 0.232. The second kappa shape index (κ2) is 12.3. The molecule has 8 nitrogen and oxygen atoms in total. The number of aromatic nitrogens is 1. The molecule has 0 atom stereocenters. The molecule has 1 aromatic heterocycles. The summed E-state index contributed by atoms with van der Waals surface area (Å²) in [7, 11) is 0. The summed E-state index contributed by atoms with van der Waals surface area (Å²) >= 11 is 0. The number of rotatable bonds is 9. The Hall–Kier alpha value is -4.47. The minimum Gasteiger partial charge on any atom is -0.473 e. The maximum atomic E-state index is 15.2. The zero-order chi connectivity index (χ0) is 29.9. The number of nitrogens with one attached hydrogen (secondary N) is 1. The van der Waals surface area contributed by atoms with Gasteiger partial charge in [-0.15, -0.1) is 0 Å². The predicted octanol–water partition coefficient (Wildman–Crippen LogP) is 6.64. The molecule has 1 N–H and O–H groups in total. The van der Waals surface area contributed by atoms with Gasteiger partial charge in [-0.3, -0.25) is 9.69 Å². The van der Waals surface area contributed by atoms with E-state index in [9.17, 15) is 4.79 Å². The van der Waals surface area contributed by atoms with Crippen LogP contribution in [0.15, 0.2) is 84.9 Å². The Morgan fingerprint density at radius 3 is 2.20 bits per heavy atom. The normalized spacial score (nSPS) is 17.6. The van der Waals surface area contributed by atoms with E-state index in [0.29, 0.717) is 37.0 Å². The Labute approximate surface area is 255 Å². The number of pyridine rings is 1. The number of halogens is 1. The molecule has 3 heterocycles. The van der Waals surface area contributed by atoms with Gasteiger partial charge in [0.15, 0.2) is 5.79 Å². The van der Waals surface area contributed by atoms with E-state index in [0.717, 1.165) is 42.5 Å². The third-order valence-electron chi connectivity index (χ3n) is 8.51. The molecule has 3 aromatic carbocycles. The van der Waals surface area contributed by atoms with Crippen molar-refractivity contribution in [1.82, 2.24) is 4.98 Å². The lowest BCUT2D eigenvalue weighted by Gasteiger charge is -2.36. The number of benzene rings is 3. The van der Waals surface area contributed by atoms with Crippen LogP contribution in [0.4, 0.5) is 15.8 Å².